The van der Waals surface area contributed by atoms with Gasteiger partial charge in [-0.05, 0) is 24.1 Å². The molecule has 0 amide bonds. The van der Waals surface area contributed by atoms with Crippen molar-refractivity contribution in [1.82, 2.24) is 10.2 Å². The second kappa shape index (κ2) is 5.41. The summed E-state index contributed by atoms with van der Waals surface area (Å²) in [6, 6.07) is 6.48. The SMILES string of the molecule is CCC(N)c1cccc(S(=O)(=O)Nc2cn[nH]c2)c1. The van der Waals surface area contributed by atoms with Crippen LogP contribution in [0.15, 0.2) is 41.6 Å². The normalized spacial score (nSPS) is 13.2. The number of nitrogens with two attached hydrogens (primary N) is 1. The highest BCUT2D eigenvalue weighted by Gasteiger charge is 2.16. The molecule has 0 aliphatic rings. The number of H-pyrrole nitrogens is 1. The van der Waals surface area contributed by atoms with Gasteiger partial charge >= 0.3 is 0 Å². The van der Waals surface area contributed by atoms with E-state index in [1.165, 1.54) is 18.5 Å². The molecule has 102 valence electrons. The number of benzene rings is 1. The van der Waals surface area contributed by atoms with Crippen LogP contribution in [0.25, 0.3) is 0 Å². The number of aromatic nitrogens is 2. The maximum absolute atomic E-state index is 12.2. The summed E-state index contributed by atoms with van der Waals surface area (Å²) >= 11 is 0. The van der Waals surface area contributed by atoms with Gasteiger partial charge < -0.3 is 5.73 Å². The molecule has 0 saturated carbocycles. The van der Waals surface area contributed by atoms with Gasteiger partial charge in [0.05, 0.1) is 16.8 Å². The van der Waals surface area contributed by atoms with Crippen LogP contribution in [-0.4, -0.2) is 18.6 Å². The Morgan fingerprint density at radius 3 is 2.89 bits per heavy atom. The van der Waals surface area contributed by atoms with Crippen LogP contribution in [-0.2, 0) is 10.0 Å². The van der Waals surface area contributed by atoms with Gasteiger partial charge in [0.15, 0.2) is 0 Å². The molecule has 0 aliphatic heterocycles. The number of sulfonamides is 1. The molecule has 0 radical (unpaired) electrons. The van der Waals surface area contributed by atoms with Crippen molar-refractivity contribution < 1.29 is 8.42 Å². The highest BCUT2D eigenvalue weighted by Crippen LogP contribution is 2.20. The molecule has 0 spiro atoms. The van der Waals surface area contributed by atoms with E-state index in [0.29, 0.717) is 5.69 Å². The summed E-state index contributed by atoms with van der Waals surface area (Å²) in [6.45, 7) is 1.95. The zero-order valence-corrected chi connectivity index (χ0v) is 11.3. The lowest BCUT2D eigenvalue weighted by molar-refractivity contribution is 0.600. The molecule has 2 aromatic rings. The second-order valence-corrected chi connectivity index (χ2v) is 5.86. The molecule has 4 N–H and O–H groups in total. The van der Waals surface area contributed by atoms with Crippen molar-refractivity contribution in [3.63, 3.8) is 0 Å². The Bertz CT molecular complexity index is 638. The summed E-state index contributed by atoms with van der Waals surface area (Å²) in [5, 5.41) is 6.23. The fourth-order valence-electron chi connectivity index (χ4n) is 1.67. The Morgan fingerprint density at radius 1 is 1.47 bits per heavy atom. The molecule has 19 heavy (non-hydrogen) atoms. The van der Waals surface area contributed by atoms with Crippen LogP contribution in [0.4, 0.5) is 5.69 Å². The van der Waals surface area contributed by atoms with E-state index in [1.54, 1.807) is 12.1 Å². The van der Waals surface area contributed by atoms with Crippen molar-refractivity contribution in [3.8, 4) is 0 Å². The van der Waals surface area contributed by atoms with Gasteiger partial charge in [-0.15, -0.1) is 0 Å². The molecule has 1 unspecified atom stereocenters. The Kier molecular flexibility index (Phi) is 3.87. The third-order valence-corrected chi connectivity index (χ3v) is 4.17. The van der Waals surface area contributed by atoms with E-state index >= 15 is 0 Å². The van der Waals surface area contributed by atoms with E-state index in [1.807, 2.05) is 13.0 Å². The molecule has 6 nitrogen and oxygen atoms in total. The molecule has 0 bridgehead atoms. The molecule has 7 heteroatoms. The van der Waals surface area contributed by atoms with Gasteiger partial charge in [-0.1, -0.05) is 19.1 Å². The summed E-state index contributed by atoms with van der Waals surface area (Å²) in [4.78, 5) is 0.190. The minimum absolute atomic E-state index is 0.163. The average molecular weight is 280 g/mol. The van der Waals surface area contributed by atoms with Crippen molar-refractivity contribution in [2.24, 2.45) is 5.73 Å². The van der Waals surface area contributed by atoms with Crippen molar-refractivity contribution in [1.29, 1.82) is 0 Å². The first-order valence-corrected chi connectivity index (χ1v) is 7.38. The fourth-order valence-corrected chi connectivity index (χ4v) is 2.76. The van der Waals surface area contributed by atoms with E-state index in [9.17, 15) is 8.42 Å². The molecule has 1 atom stereocenters. The molecule has 0 aliphatic carbocycles. The third kappa shape index (κ3) is 3.12. The first-order valence-electron chi connectivity index (χ1n) is 5.90. The van der Waals surface area contributed by atoms with Crippen molar-refractivity contribution in [3.05, 3.63) is 42.2 Å². The number of nitrogens with one attached hydrogen (secondary N) is 2. The quantitative estimate of drug-likeness (QED) is 0.774. The lowest BCUT2D eigenvalue weighted by atomic mass is 10.1. The fraction of sp³-hybridized carbons (Fsp3) is 0.250. The van der Waals surface area contributed by atoms with Gasteiger partial charge in [-0.2, -0.15) is 5.10 Å². The summed E-state index contributed by atoms with van der Waals surface area (Å²) in [7, 11) is -3.61. The monoisotopic (exact) mass is 280 g/mol. The number of rotatable bonds is 5. The standard InChI is InChI=1S/C12H16N4O2S/c1-2-12(13)9-4-3-5-11(6-9)19(17,18)16-10-7-14-15-8-10/h3-8,12,16H,2,13H2,1H3,(H,14,15). The van der Waals surface area contributed by atoms with Gasteiger partial charge in [-0.25, -0.2) is 8.42 Å². The number of nitrogens with zero attached hydrogens (tertiary/aromatic N) is 1. The summed E-state index contributed by atoms with van der Waals surface area (Å²) < 4.78 is 26.8. The van der Waals surface area contributed by atoms with E-state index in [4.69, 9.17) is 5.73 Å². The van der Waals surface area contributed by atoms with Gasteiger partial charge in [0.1, 0.15) is 0 Å². The minimum atomic E-state index is -3.61. The van der Waals surface area contributed by atoms with Gasteiger partial charge in [0.25, 0.3) is 10.0 Å². The van der Waals surface area contributed by atoms with Gasteiger partial charge in [-0.3, -0.25) is 9.82 Å². The smallest absolute Gasteiger partial charge is 0.262 e. The van der Waals surface area contributed by atoms with Crippen LogP contribution < -0.4 is 10.5 Å². The Morgan fingerprint density at radius 2 is 2.26 bits per heavy atom. The first kappa shape index (κ1) is 13.6. The second-order valence-electron chi connectivity index (χ2n) is 4.18. The van der Waals surface area contributed by atoms with E-state index in [2.05, 4.69) is 14.9 Å². The predicted octanol–water partition coefficient (Wildman–Crippen LogP) is 1.62. The molecule has 1 aromatic heterocycles. The number of hydrogen-bond acceptors (Lipinski definition) is 4. The molecule has 1 heterocycles. The zero-order chi connectivity index (χ0) is 13.9. The highest BCUT2D eigenvalue weighted by molar-refractivity contribution is 7.92. The van der Waals surface area contributed by atoms with Crippen LogP contribution >= 0.6 is 0 Å². The maximum Gasteiger partial charge on any atom is 0.262 e. The zero-order valence-electron chi connectivity index (χ0n) is 10.5. The molecular weight excluding hydrogens is 264 g/mol. The lowest BCUT2D eigenvalue weighted by Crippen LogP contribution is -2.14. The number of hydrogen-bond donors (Lipinski definition) is 3. The van der Waals surface area contributed by atoms with E-state index in [-0.39, 0.29) is 10.9 Å². The van der Waals surface area contributed by atoms with Crippen LogP contribution in [0.1, 0.15) is 24.9 Å². The first-order chi connectivity index (χ1) is 9.03. The van der Waals surface area contributed by atoms with Crippen molar-refractivity contribution >= 4 is 15.7 Å². The third-order valence-electron chi connectivity index (χ3n) is 2.79. The molecule has 1 aromatic carbocycles. The number of anilines is 1. The van der Waals surface area contributed by atoms with Crippen LogP contribution in [0.2, 0.25) is 0 Å². The summed E-state index contributed by atoms with van der Waals surface area (Å²) in [5.74, 6) is 0. The van der Waals surface area contributed by atoms with Crippen molar-refractivity contribution in [2.75, 3.05) is 4.72 Å². The summed E-state index contributed by atoms with van der Waals surface area (Å²) in [6.07, 6.45) is 3.62. The van der Waals surface area contributed by atoms with Crippen LogP contribution in [0.5, 0.6) is 0 Å². The van der Waals surface area contributed by atoms with E-state index < -0.39 is 10.0 Å². The van der Waals surface area contributed by atoms with Crippen LogP contribution in [0.3, 0.4) is 0 Å². The average Bonchev–Trinajstić information content (AvgIpc) is 2.90. The van der Waals surface area contributed by atoms with Crippen LogP contribution in [0, 0.1) is 0 Å². The molecule has 0 fully saturated rings. The molecule has 2 rings (SSSR count). The van der Waals surface area contributed by atoms with Gasteiger partial charge in [0.2, 0.25) is 0 Å². The van der Waals surface area contributed by atoms with Crippen molar-refractivity contribution in [2.45, 2.75) is 24.3 Å². The van der Waals surface area contributed by atoms with Gasteiger partial charge in [0, 0.05) is 12.2 Å². The predicted molar refractivity (Wildman–Crippen MR) is 73.1 cm³/mol. The number of aromatic amines is 1. The van der Waals surface area contributed by atoms with E-state index in [0.717, 1.165) is 12.0 Å². The lowest BCUT2D eigenvalue weighted by Gasteiger charge is -2.11. The minimum Gasteiger partial charge on any atom is -0.324 e. The largest absolute Gasteiger partial charge is 0.324 e. The Balaban J connectivity index is 2.30. The molecule has 0 saturated heterocycles. The summed E-state index contributed by atoms with van der Waals surface area (Å²) in [5.41, 5.74) is 7.11. The Labute approximate surface area is 112 Å². The maximum atomic E-state index is 12.2. The molecular formula is C12H16N4O2S. The highest BCUT2D eigenvalue weighted by atomic mass is 32.2. The Hall–Kier alpha value is -1.86. The topological polar surface area (TPSA) is 101 Å².